The lowest BCUT2D eigenvalue weighted by Crippen LogP contribution is -2.17. The van der Waals surface area contributed by atoms with Crippen molar-refractivity contribution in [2.24, 2.45) is 5.92 Å². The van der Waals surface area contributed by atoms with Crippen molar-refractivity contribution in [1.29, 1.82) is 0 Å². The van der Waals surface area contributed by atoms with Gasteiger partial charge in [0.05, 0.1) is 12.2 Å². The number of halogens is 4. The van der Waals surface area contributed by atoms with Gasteiger partial charge in [0, 0.05) is 10.6 Å². The maximum absolute atomic E-state index is 13.2. The van der Waals surface area contributed by atoms with Crippen LogP contribution in [0.2, 0.25) is 5.02 Å². The number of alkyl halides is 3. The standard InChI is InChI=1S/C17H13ClF3NO3/c18-11-5-3-10(4-6-11)12-7-13(16(23)24)14(17(19,20)21)22-15(12)25-8-9-1-2-9/h3-7,9H,1-2,8H2,(H,23,24). The van der Waals surface area contributed by atoms with Gasteiger partial charge in [-0.2, -0.15) is 13.2 Å². The predicted octanol–water partition coefficient (Wildman–Crippen LogP) is 4.91. The van der Waals surface area contributed by atoms with Gasteiger partial charge in [0.2, 0.25) is 5.88 Å². The van der Waals surface area contributed by atoms with Crippen molar-refractivity contribution < 1.29 is 27.8 Å². The molecule has 1 N–H and O–H groups in total. The Balaban J connectivity index is 2.13. The number of carbonyl (C=O) groups is 1. The number of aromatic carboxylic acids is 1. The molecule has 0 bridgehead atoms. The topological polar surface area (TPSA) is 59.4 Å². The molecule has 25 heavy (non-hydrogen) atoms. The smallest absolute Gasteiger partial charge is 0.434 e. The summed E-state index contributed by atoms with van der Waals surface area (Å²) in [7, 11) is 0. The highest BCUT2D eigenvalue weighted by atomic mass is 35.5. The molecule has 2 aromatic rings. The summed E-state index contributed by atoms with van der Waals surface area (Å²) in [4.78, 5) is 14.8. The summed E-state index contributed by atoms with van der Waals surface area (Å²) < 4.78 is 45.0. The third-order valence-electron chi connectivity index (χ3n) is 3.79. The minimum Gasteiger partial charge on any atom is -0.478 e. The molecular weight excluding hydrogens is 359 g/mol. The Bertz CT molecular complexity index is 802. The van der Waals surface area contributed by atoms with Gasteiger partial charge in [-0.15, -0.1) is 0 Å². The van der Waals surface area contributed by atoms with E-state index in [0.29, 0.717) is 16.5 Å². The number of carboxylic acid groups (broad SMARTS) is 1. The van der Waals surface area contributed by atoms with E-state index in [1.165, 1.54) is 0 Å². The molecule has 1 aromatic carbocycles. The molecule has 0 spiro atoms. The summed E-state index contributed by atoms with van der Waals surface area (Å²) in [5.74, 6) is -1.64. The maximum atomic E-state index is 13.2. The Morgan fingerprint density at radius 3 is 2.44 bits per heavy atom. The van der Waals surface area contributed by atoms with E-state index in [1.807, 2.05) is 0 Å². The van der Waals surface area contributed by atoms with Crippen LogP contribution < -0.4 is 4.74 Å². The monoisotopic (exact) mass is 371 g/mol. The zero-order valence-electron chi connectivity index (χ0n) is 12.8. The van der Waals surface area contributed by atoms with Gasteiger partial charge in [0.15, 0.2) is 5.69 Å². The molecule has 1 aliphatic rings. The molecule has 0 unspecified atom stereocenters. The number of aromatic nitrogens is 1. The molecule has 0 amide bonds. The first-order chi connectivity index (χ1) is 11.8. The third kappa shape index (κ3) is 4.04. The highest BCUT2D eigenvalue weighted by molar-refractivity contribution is 6.30. The minimum atomic E-state index is -4.90. The average molecular weight is 372 g/mol. The Morgan fingerprint density at radius 2 is 1.92 bits per heavy atom. The van der Waals surface area contributed by atoms with Crippen molar-refractivity contribution in [3.63, 3.8) is 0 Å². The van der Waals surface area contributed by atoms with Crippen molar-refractivity contribution in [2.75, 3.05) is 6.61 Å². The fourth-order valence-corrected chi connectivity index (χ4v) is 2.43. The number of carboxylic acids is 1. The summed E-state index contributed by atoms with van der Waals surface area (Å²) >= 11 is 5.83. The first-order valence-corrected chi connectivity index (χ1v) is 7.88. The summed E-state index contributed by atoms with van der Waals surface area (Å²) in [6.07, 6.45) is -2.99. The molecule has 1 aliphatic carbocycles. The Morgan fingerprint density at radius 1 is 1.28 bits per heavy atom. The maximum Gasteiger partial charge on any atom is 0.434 e. The molecule has 4 nitrogen and oxygen atoms in total. The molecular formula is C17H13ClF3NO3. The van der Waals surface area contributed by atoms with Crippen LogP contribution in [-0.2, 0) is 6.18 Å². The molecule has 0 atom stereocenters. The SMILES string of the molecule is O=C(O)c1cc(-c2ccc(Cl)cc2)c(OCC2CC2)nc1C(F)(F)F. The first-order valence-electron chi connectivity index (χ1n) is 7.50. The van der Waals surface area contributed by atoms with Crippen molar-refractivity contribution in [2.45, 2.75) is 19.0 Å². The molecule has 1 aromatic heterocycles. The fraction of sp³-hybridized carbons (Fsp3) is 0.294. The third-order valence-corrected chi connectivity index (χ3v) is 4.05. The Hall–Kier alpha value is -2.28. The highest BCUT2D eigenvalue weighted by Crippen LogP contribution is 2.38. The average Bonchev–Trinajstić information content (AvgIpc) is 3.36. The largest absolute Gasteiger partial charge is 0.478 e. The van der Waals surface area contributed by atoms with Gasteiger partial charge >= 0.3 is 12.1 Å². The Labute approximate surface area is 146 Å². The second kappa shape index (κ2) is 6.55. The lowest BCUT2D eigenvalue weighted by atomic mass is 10.0. The van der Waals surface area contributed by atoms with Gasteiger partial charge in [0.1, 0.15) is 0 Å². The van der Waals surface area contributed by atoms with Gasteiger partial charge in [0.25, 0.3) is 0 Å². The summed E-state index contributed by atoms with van der Waals surface area (Å²) in [6, 6.07) is 7.20. The van der Waals surface area contributed by atoms with Gasteiger partial charge in [-0.3, -0.25) is 0 Å². The van der Waals surface area contributed by atoms with E-state index in [0.717, 1.165) is 18.9 Å². The van der Waals surface area contributed by atoms with Crippen LogP contribution in [0.5, 0.6) is 5.88 Å². The van der Waals surface area contributed by atoms with Crippen LogP contribution in [0.3, 0.4) is 0 Å². The number of ether oxygens (including phenoxy) is 1. The van der Waals surface area contributed by atoms with Crippen molar-refractivity contribution in [3.8, 4) is 17.0 Å². The molecule has 0 radical (unpaired) electrons. The number of pyridine rings is 1. The zero-order chi connectivity index (χ0) is 18.2. The molecule has 1 fully saturated rings. The lowest BCUT2D eigenvalue weighted by Gasteiger charge is -2.16. The van der Waals surface area contributed by atoms with Crippen LogP contribution in [-0.4, -0.2) is 22.7 Å². The quantitative estimate of drug-likeness (QED) is 0.811. The summed E-state index contributed by atoms with van der Waals surface area (Å²) in [5.41, 5.74) is -1.73. The molecule has 1 heterocycles. The van der Waals surface area contributed by atoms with E-state index in [1.54, 1.807) is 24.3 Å². The van der Waals surface area contributed by atoms with Crippen LogP contribution >= 0.6 is 11.6 Å². The lowest BCUT2D eigenvalue weighted by molar-refractivity contribution is -0.141. The second-order valence-corrected chi connectivity index (χ2v) is 6.24. The van der Waals surface area contributed by atoms with Crippen LogP contribution in [0.15, 0.2) is 30.3 Å². The van der Waals surface area contributed by atoms with E-state index < -0.39 is 23.4 Å². The normalized spacial score (nSPS) is 14.4. The summed E-state index contributed by atoms with van der Waals surface area (Å²) in [5, 5.41) is 9.61. The van der Waals surface area contributed by atoms with Crippen molar-refractivity contribution in [1.82, 2.24) is 4.98 Å². The number of hydrogen-bond acceptors (Lipinski definition) is 3. The number of rotatable bonds is 5. The highest BCUT2D eigenvalue weighted by Gasteiger charge is 2.39. The number of hydrogen-bond donors (Lipinski definition) is 1. The van der Waals surface area contributed by atoms with Crippen LogP contribution in [0.25, 0.3) is 11.1 Å². The van der Waals surface area contributed by atoms with Gasteiger partial charge < -0.3 is 9.84 Å². The van der Waals surface area contributed by atoms with Crippen LogP contribution in [0, 0.1) is 5.92 Å². The molecule has 1 saturated carbocycles. The van der Waals surface area contributed by atoms with Crippen molar-refractivity contribution in [3.05, 3.63) is 46.6 Å². The van der Waals surface area contributed by atoms with E-state index in [-0.39, 0.29) is 18.1 Å². The van der Waals surface area contributed by atoms with Crippen molar-refractivity contribution >= 4 is 17.6 Å². The van der Waals surface area contributed by atoms with E-state index >= 15 is 0 Å². The minimum absolute atomic E-state index is 0.183. The molecule has 0 aliphatic heterocycles. The van der Waals surface area contributed by atoms with Gasteiger partial charge in [-0.25, -0.2) is 9.78 Å². The Kier molecular flexibility index (Phi) is 4.60. The number of nitrogens with zero attached hydrogens (tertiary/aromatic N) is 1. The number of benzene rings is 1. The van der Waals surface area contributed by atoms with Gasteiger partial charge in [-0.1, -0.05) is 23.7 Å². The molecule has 8 heteroatoms. The van der Waals surface area contributed by atoms with Crippen LogP contribution in [0.1, 0.15) is 28.9 Å². The van der Waals surface area contributed by atoms with E-state index in [9.17, 15) is 18.0 Å². The van der Waals surface area contributed by atoms with Gasteiger partial charge in [-0.05, 0) is 42.5 Å². The predicted molar refractivity (Wildman–Crippen MR) is 84.9 cm³/mol. The molecule has 132 valence electrons. The first kappa shape index (κ1) is 17.5. The second-order valence-electron chi connectivity index (χ2n) is 5.80. The van der Waals surface area contributed by atoms with E-state index in [4.69, 9.17) is 21.4 Å². The summed E-state index contributed by atoms with van der Waals surface area (Å²) in [6.45, 7) is 0.247. The van der Waals surface area contributed by atoms with E-state index in [2.05, 4.69) is 4.98 Å². The zero-order valence-corrected chi connectivity index (χ0v) is 13.6. The fourth-order valence-electron chi connectivity index (χ4n) is 2.30. The molecule has 0 saturated heterocycles. The molecule has 3 rings (SSSR count). The van der Waals surface area contributed by atoms with Crippen LogP contribution in [0.4, 0.5) is 13.2 Å².